The maximum absolute atomic E-state index is 12.0. The van der Waals surface area contributed by atoms with Crippen molar-refractivity contribution in [3.05, 3.63) is 45.8 Å². The van der Waals surface area contributed by atoms with Gasteiger partial charge in [0, 0.05) is 13.2 Å². The van der Waals surface area contributed by atoms with Crippen LogP contribution in [0.1, 0.15) is 0 Å². The standard InChI is InChI=1S/C11H8ClF3N2O2/c1-16-6-9(12)10(18)17(16)7-2-4-8(5-3-7)19-11(13,14)15/h2-6H,1H3. The summed E-state index contributed by atoms with van der Waals surface area (Å²) in [6.07, 6.45) is -3.34. The summed E-state index contributed by atoms with van der Waals surface area (Å²) in [5.41, 5.74) is -0.0671. The zero-order valence-electron chi connectivity index (χ0n) is 9.61. The fraction of sp³-hybridized carbons (Fsp3) is 0.182. The third kappa shape index (κ3) is 2.93. The van der Waals surface area contributed by atoms with E-state index in [1.54, 1.807) is 7.05 Å². The number of nitrogens with zero attached hydrogens (tertiary/aromatic N) is 2. The van der Waals surface area contributed by atoms with Gasteiger partial charge >= 0.3 is 6.36 Å². The lowest BCUT2D eigenvalue weighted by molar-refractivity contribution is -0.274. The number of ether oxygens (including phenoxy) is 1. The molecule has 0 spiro atoms. The van der Waals surface area contributed by atoms with Crippen molar-refractivity contribution in [3.8, 4) is 11.4 Å². The number of aromatic nitrogens is 2. The Morgan fingerprint density at radius 2 is 1.79 bits per heavy atom. The Kier molecular flexibility index (Phi) is 3.32. The minimum absolute atomic E-state index is 0.0260. The van der Waals surface area contributed by atoms with Crippen LogP contribution in [0, 0.1) is 0 Å². The lowest BCUT2D eigenvalue weighted by Gasteiger charge is -2.10. The van der Waals surface area contributed by atoms with E-state index in [1.807, 2.05) is 0 Å². The summed E-state index contributed by atoms with van der Waals surface area (Å²) >= 11 is 5.68. The van der Waals surface area contributed by atoms with Crippen molar-refractivity contribution in [1.82, 2.24) is 9.36 Å². The lowest BCUT2D eigenvalue weighted by atomic mass is 10.3. The molecule has 1 heterocycles. The van der Waals surface area contributed by atoms with E-state index in [-0.39, 0.29) is 10.8 Å². The predicted octanol–water partition coefficient (Wildman–Crippen LogP) is 2.73. The molecule has 0 aliphatic carbocycles. The summed E-state index contributed by atoms with van der Waals surface area (Å²) < 4.78 is 42.4. The minimum atomic E-state index is -4.74. The van der Waals surface area contributed by atoms with Crippen LogP contribution in [0.3, 0.4) is 0 Å². The highest BCUT2D eigenvalue weighted by atomic mass is 35.5. The first-order chi connectivity index (χ1) is 8.78. The van der Waals surface area contributed by atoms with Crippen molar-refractivity contribution < 1.29 is 17.9 Å². The summed E-state index contributed by atoms with van der Waals surface area (Å²) in [7, 11) is 1.59. The number of aryl methyl sites for hydroxylation is 1. The van der Waals surface area contributed by atoms with Gasteiger partial charge in [-0.05, 0) is 24.3 Å². The molecular formula is C11H8ClF3N2O2. The third-order valence-electron chi connectivity index (χ3n) is 2.33. The summed E-state index contributed by atoms with van der Waals surface area (Å²) in [5.74, 6) is -0.357. The number of halogens is 4. The second-order valence-electron chi connectivity index (χ2n) is 3.71. The zero-order valence-corrected chi connectivity index (χ0v) is 10.4. The fourth-order valence-electron chi connectivity index (χ4n) is 1.61. The molecule has 0 N–H and O–H groups in total. The van der Waals surface area contributed by atoms with Gasteiger partial charge in [-0.3, -0.25) is 9.48 Å². The Hall–Kier alpha value is -1.89. The van der Waals surface area contributed by atoms with E-state index >= 15 is 0 Å². The molecule has 0 unspecified atom stereocenters. The molecule has 0 saturated heterocycles. The molecule has 1 aromatic carbocycles. The Morgan fingerprint density at radius 3 is 2.21 bits per heavy atom. The fourth-order valence-corrected chi connectivity index (χ4v) is 1.83. The van der Waals surface area contributed by atoms with E-state index in [4.69, 9.17) is 11.6 Å². The van der Waals surface area contributed by atoms with Crippen LogP contribution in [-0.2, 0) is 7.05 Å². The van der Waals surface area contributed by atoms with E-state index in [0.29, 0.717) is 5.69 Å². The number of alkyl halides is 3. The Labute approximate surface area is 110 Å². The van der Waals surface area contributed by atoms with Crippen LogP contribution < -0.4 is 10.3 Å². The van der Waals surface area contributed by atoms with E-state index < -0.39 is 11.9 Å². The van der Waals surface area contributed by atoms with Gasteiger partial charge in [0.05, 0.1) is 5.69 Å². The predicted molar refractivity (Wildman–Crippen MR) is 62.7 cm³/mol. The largest absolute Gasteiger partial charge is 0.573 e. The first kappa shape index (κ1) is 13.5. The summed E-state index contributed by atoms with van der Waals surface area (Å²) in [5, 5.41) is 0.0260. The molecule has 8 heteroatoms. The Bertz CT molecular complexity index is 643. The average Bonchev–Trinajstić information content (AvgIpc) is 2.53. The van der Waals surface area contributed by atoms with E-state index in [2.05, 4.69) is 4.74 Å². The van der Waals surface area contributed by atoms with E-state index in [1.165, 1.54) is 27.7 Å². The molecule has 2 aromatic rings. The molecule has 1 aromatic heterocycles. The SMILES string of the molecule is Cn1cc(Cl)c(=O)n1-c1ccc(OC(F)(F)F)cc1. The van der Waals surface area contributed by atoms with Crippen molar-refractivity contribution in [2.24, 2.45) is 7.05 Å². The van der Waals surface area contributed by atoms with Gasteiger partial charge in [0.2, 0.25) is 0 Å². The maximum atomic E-state index is 12.0. The van der Waals surface area contributed by atoms with Gasteiger partial charge in [0.1, 0.15) is 10.8 Å². The molecule has 0 atom stereocenters. The highest BCUT2D eigenvalue weighted by Gasteiger charge is 2.31. The molecule has 0 bridgehead atoms. The van der Waals surface area contributed by atoms with Crippen LogP contribution >= 0.6 is 11.6 Å². The van der Waals surface area contributed by atoms with Crippen molar-refractivity contribution >= 4 is 11.6 Å². The molecule has 0 fully saturated rings. The molecule has 0 radical (unpaired) electrons. The Morgan fingerprint density at radius 1 is 1.21 bits per heavy atom. The second kappa shape index (κ2) is 4.65. The molecule has 0 aliphatic heterocycles. The van der Waals surface area contributed by atoms with Gasteiger partial charge in [-0.25, -0.2) is 4.68 Å². The minimum Gasteiger partial charge on any atom is -0.406 e. The number of rotatable bonds is 2. The van der Waals surface area contributed by atoms with Crippen LogP contribution in [-0.4, -0.2) is 15.7 Å². The highest BCUT2D eigenvalue weighted by molar-refractivity contribution is 6.30. The van der Waals surface area contributed by atoms with Gasteiger partial charge < -0.3 is 4.74 Å². The van der Waals surface area contributed by atoms with Crippen LogP contribution in [0.2, 0.25) is 5.02 Å². The highest BCUT2D eigenvalue weighted by Crippen LogP contribution is 2.23. The molecule has 0 aliphatic rings. The molecule has 0 amide bonds. The van der Waals surface area contributed by atoms with E-state index in [9.17, 15) is 18.0 Å². The number of benzene rings is 1. The monoisotopic (exact) mass is 292 g/mol. The van der Waals surface area contributed by atoms with Crippen LogP contribution in [0.25, 0.3) is 5.69 Å². The van der Waals surface area contributed by atoms with Crippen LogP contribution in [0.5, 0.6) is 5.75 Å². The van der Waals surface area contributed by atoms with Gasteiger partial charge in [0.15, 0.2) is 0 Å². The van der Waals surface area contributed by atoms with Crippen molar-refractivity contribution in [2.45, 2.75) is 6.36 Å². The zero-order chi connectivity index (χ0) is 14.2. The van der Waals surface area contributed by atoms with Gasteiger partial charge in [0.25, 0.3) is 5.56 Å². The van der Waals surface area contributed by atoms with Crippen molar-refractivity contribution in [2.75, 3.05) is 0 Å². The van der Waals surface area contributed by atoms with E-state index in [0.717, 1.165) is 12.1 Å². The van der Waals surface area contributed by atoms with Gasteiger partial charge in [-0.15, -0.1) is 13.2 Å². The number of hydrogen-bond acceptors (Lipinski definition) is 2. The summed E-state index contributed by atoms with van der Waals surface area (Å²) in [4.78, 5) is 11.7. The third-order valence-corrected chi connectivity index (χ3v) is 2.59. The van der Waals surface area contributed by atoms with Crippen LogP contribution in [0.15, 0.2) is 35.3 Å². The Balaban J connectivity index is 2.35. The lowest BCUT2D eigenvalue weighted by Crippen LogP contribution is -2.20. The summed E-state index contributed by atoms with van der Waals surface area (Å²) in [6, 6.07) is 4.91. The molecule has 102 valence electrons. The van der Waals surface area contributed by atoms with Crippen LogP contribution in [0.4, 0.5) is 13.2 Å². The smallest absolute Gasteiger partial charge is 0.406 e. The van der Waals surface area contributed by atoms with Gasteiger partial charge in [-0.1, -0.05) is 11.6 Å². The first-order valence-electron chi connectivity index (χ1n) is 5.08. The quantitative estimate of drug-likeness (QED) is 0.853. The molecule has 19 heavy (non-hydrogen) atoms. The topological polar surface area (TPSA) is 36.2 Å². The molecule has 0 saturated carbocycles. The number of hydrogen-bond donors (Lipinski definition) is 0. The average molecular weight is 293 g/mol. The second-order valence-corrected chi connectivity index (χ2v) is 4.12. The molecule has 4 nitrogen and oxygen atoms in total. The maximum Gasteiger partial charge on any atom is 0.573 e. The van der Waals surface area contributed by atoms with Gasteiger partial charge in [-0.2, -0.15) is 0 Å². The first-order valence-corrected chi connectivity index (χ1v) is 5.46. The normalized spacial score (nSPS) is 11.6. The molecule has 2 rings (SSSR count). The summed E-state index contributed by atoms with van der Waals surface area (Å²) in [6.45, 7) is 0. The molecular weight excluding hydrogens is 285 g/mol. The van der Waals surface area contributed by atoms with Crippen molar-refractivity contribution in [3.63, 3.8) is 0 Å². The van der Waals surface area contributed by atoms with Crippen molar-refractivity contribution in [1.29, 1.82) is 0 Å².